The molecule has 0 amide bonds. The summed E-state index contributed by atoms with van der Waals surface area (Å²) in [4.78, 5) is 18.9. The van der Waals surface area contributed by atoms with Crippen LogP contribution in [0.1, 0.15) is 39.0 Å². The van der Waals surface area contributed by atoms with Gasteiger partial charge in [-0.15, -0.1) is 0 Å². The van der Waals surface area contributed by atoms with Crippen molar-refractivity contribution in [2.75, 3.05) is 18.0 Å². The molecule has 136 valence electrons. The number of allylic oxidation sites excluding steroid dienone is 2. The Morgan fingerprint density at radius 2 is 2.16 bits per heavy atom. The van der Waals surface area contributed by atoms with Crippen LogP contribution in [0.15, 0.2) is 29.3 Å². The second kappa shape index (κ2) is 6.94. The fraction of sp³-hybridized carbons (Fsp3) is 0.700. The molecule has 2 fully saturated rings. The number of aryl methyl sites for hydroxylation is 1. The first-order chi connectivity index (χ1) is 12.1. The molecule has 2 heterocycles. The van der Waals surface area contributed by atoms with Crippen molar-refractivity contribution in [3.63, 3.8) is 0 Å². The lowest BCUT2D eigenvalue weighted by Gasteiger charge is -2.43. The van der Waals surface area contributed by atoms with E-state index >= 15 is 0 Å². The molecular weight excluding hydrogens is 312 g/mol. The monoisotopic (exact) mass is 342 g/mol. The van der Waals surface area contributed by atoms with Crippen LogP contribution in [0.3, 0.4) is 0 Å². The summed E-state index contributed by atoms with van der Waals surface area (Å²) in [5, 5.41) is 3.90. The molecule has 1 aliphatic heterocycles. The van der Waals surface area contributed by atoms with Gasteiger partial charge >= 0.3 is 0 Å². The van der Waals surface area contributed by atoms with E-state index in [9.17, 15) is 4.79 Å². The lowest BCUT2D eigenvalue weighted by molar-refractivity contribution is 0.166. The van der Waals surface area contributed by atoms with Crippen LogP contribution in [0, 0.1) is 17.8 Å². The number of nitrogens with one attached hydrogen (secondary N) is 1. The van der Waals surface area contributed by atoms with Crippen LogP contribution in [0.5, 0.6) is 0 Å². The van der Waals surface area contributed by atoms with E-state index in [0.717, 1.165) is 37.3 Å². The Hall–Kier alpha value is -1.62. The van der Waals surface area contributed by atoms with Gasteiger partial charge in [0.1, 0.15) is 0 Å². The van der Waals surface area contributed by atoms with Crippen LogP contribution < -0.4 is 15.8 Å². The molecule has 2 bridgehead atoms. The number of nitrogens with zero attached hydrogens (tertiary/aromatic N) is 3. The first-order valence-corrected chi connectivity index (χ1v) is 9.83. The highest BCUT2D eigenvalue weighted by atomic mass is 16.1. The molecule has 5 atom stereocenters. The largest absolute Gasteiger partial charge is 0.350 e. The molecule has 1 aromatic heterocycles. The quantitative estimate of drug-likeness (QED) is 0.853. The first kappa shape index (κ1) is 16.8. The fourth-order valence-corrected chi connectivity index (χ4v) is 5.05. The Bertz CT molecular complexity index is 697. The third-order valence-corrected chi connectivity index (χ3v) is 6.49. The van der Waals surface area contributed by atoms with E-state index < -0.39 is 0 Å². The number of rotatable bonds is 4. The summed E-state index contributed by atoms with van der Waals surface area (Å²) < 4.78 is 1.62. The van der Waals surface area contributed by atoms with Gasteiger partial charge < -0.3 is 14.8 Å². The van der Waals surface area contributed by atoms with Gasteiger partial charge in [-0.1, -0.05) is 12.2 Å². The predicted molar refractivity (Wildman–Crippen MR) is 101 cm³/mol. The standard InChI is InChI=1S/C20H30N4O/c1-14(18-12-15-5-7-16(18)8-6-15)22-17-4-3-10-24(13-17)19-20(25)23(2)11-9-21-19/h5,7,9,11,14-18,22H,3-4,6,8,10,12-13H2,1-2H3/t14-,15-,16-,17+,18-/m0/s1. The topological polar surface area (TPSA) is 50.2 Å². The number of fused-ring (bicyclic) bond motifs is 2. The molecule has 3 aliphatic carbocycles. The molecule has 4 aliphatic rings. The van der Waals surface area contributed by atoms with Crippen molar-refractivity contribution in [1.29, 1.82) is 0 Å². The average Bonchev–Trinajstić information content (AvgIpc) is 2.65. The molecule has 0 radical (unpaired) electrons. The van der Waals surface area contributed by atoms with Crippen LogP contribution in [-0.4, -0.2) is 34.7 Å². The number of anilines is 1. The molecule has 5 nitrogen and oxygen atoms in total. The molecule has 0 unspecified atom stereocenters. The maximum absolute atomic E-state index is 12.4. The van der Waals surface area contributed by atoms with Crippen LogP contribution in [0.25, 0.3) is 0 Å². The summed E-state index contributed by atoms with van der Waals surface area (Å²) in [6.07, 6.45) is 14.7. The molecule has 5 rings (SSSR count). The first-order valence-electron chi connectivity index (χ1n) is 9.83. The second-order valence-corrected chi connectivity index (χ2v) is 8.19. The van der Waals surface area contributed by atoms with Gasteiger partial charge in [0.15, 0.2) is 5.82 Å². The smallest absolute Gasteiger partial charge is 0.293 e. The molecular formula is C20H30N4O. The summed E-state index contributed by atoms with van der Waals surface area (Å²) >= 11 is 0. The van der Waals surface area contributed by atoms with Gasteiger partial charge in [-0.25, -0.2) is 4.98 Å². The van der Waals surface area contributed by atoms with Gasteiger partial charge in [0.05, 0.1) is 0 Å². The SMILES string of the molecule is C[C@H](N[C@@H]1CCCN(c2nccn(C)c2=O)C1)[C@@H]1C[C@H]2C=C[C@H]1CC2. The van der Waals surface area contributed by atoms with Crippen molar-refractivity contribution >= 4 is 5.82 Å². The second-order valence-electron chi connectivity index (χ2n) is 8.19. The zero-order valence-corrected chi connectivity index (χ0v) is 15.4. The minimum atomic E-state index is 0.00549. The summed E-state index contributed by atoms with van der Waals surface area (Å²) in [6, 6.07) is 0.981. The van der Waals surface area contributed by atoms with Crippen molar-refractivity contribution in [2.24, 2.45) is 24.8 Å². The summed E-state index contributed by atoms with van der Waals surface area (Å²) in [5.74, 6) is 2.93. The number of aromatic nitrogens is 2. The minimum absolute atomic E-state index is 0.00549. The highest BCUT2D eigenvalue weighted by Crippen LogP contribution is 2.42. The van der Waals surface area contributed by atoms with Crippen LogP contribution in [0.2, 0.25) is 0 Å². The molecule has 0 aromatic carbocycles. The van der Waals surface area contributed by atoms with E-state index in [4.69, 9.17) is 0 Å². The van der Waals surface area contributed by atoms with E-state index in [1.807, 2.05) is 0 Å². The van der Waals surface area contributed by atoms with Gasteiger partial charge in [-0.3, -0.25) is 4.79 Å². The van der Waals surface area contributed by atoms with Crippen LogP contribution >= 0.6 is 0 Å². The fourth-order valence-electron chi connectivity index (χ4n) is 5.05. The van der Waals surface area contributed by atoms with Gasteiger partial charge in [-0.05, 0) is 56.8 Å². The maximum Gasteiger partial charge on any atom is 0.293 e. The van der Waals surface area contributed by atoms with E-state index in [0.29, 0.717) is 17.9 Å². The Morgan fingerprint density at radius 3 is 2.88 bits per heavy atom. The van der Waals surface area contributed by atoms with Crippen LogP contribution in [0.4, 0.5) is 5.82 Å². The summed E-state index contributed by atoms with van der Waals surface area (Å²) in [5.41, 5.74) is 0.00549. The highest BCUT2D eigenvalue weighted by molar-refractivity contribution is 5.36. The molecule has 0 spiro atoms. The minimum Gasteiger partial charge on any atom is -0.350 e. The third-order valence-electron chi connectivity index (χ3n) is 6.49. The normalized spacial score (nSPS) is 32.8. The lowest BCUT2D eigenvalue weighted by atomic mass is 9.67. The highest BCUT2D eigenvalue weighted by Gasteiger charge is 2.36. The van der Waals surface area contributed by atoms with E-state index in [1.165, 1.54) is 25.7 Å². The third kappa shape index (κ3) is 3.39. The zero-order valence-electron chi connectivity index (χ0n) is 15.4. The summed E-state index contributed by atoms with van der Waals surface area (Å²) in [7, 11) is 1.79. The van der Waals surface area contributed by atoms with Crippen molar-refractivity contribution in [1.82, 2.24) is 14.9 Å². The Labute approximate surface area is 150 Å². The van der Waals surface area contributed by atoms with Crippen molar-refractivity contribution < 1.29 is 0 Å². The van der Waals surface area contributed by atoms with Gasteiger partial charge in [0.2, 0.25) is 0 Å². The summed E-state index contributed by atoms with van der Waals surface area (Å²) in [6.45, 7) is 4.17. The molecule has 1 N–H and O–H groups in total. The molecule has 1 saturated carbocycles. The Morgan fingerprint density at radius 1 is 1.28 bits per heavy atom. The Balaban J connectivity index is 1.41. The lowest BCUT2D eigenvalue weighted by Crippen LogP contribution is -2.53. The van der Waals surface area contributed by atoms with Crippen molar-refractivity contribution in [3.8, 4) is 0 Å². The van der Waals surface area contributed by atoms with Crippen LogP contribution in [-0.2, 0) is 7.05 Å². The van der Waals surface area contributed by atoms with E-state index in [1.54, 1.807) is 24.0 Å². The van der Waals surface area contributed by atoms with Crippen molar-refractivity contribution in [3.05, 3.63) is 34.9 Å². The number of hydrogen-bond donors (Lipinski definition) is 1. The van der Waals surface area contributed by atoms with E-state index in [-0.39, 0.29) is 5.56 Å². The Kier molecular flexibility index (Phi) is 4.67. The van der Waals surface area contributed by atoms with Gasteiger partial charge in [0, 0.05) is 44.6 Å². The number of piperidine rings is 1. The van der Waals surface area contributed by atoms with Gasteiger partial charge in [0.25, 0.3) is 5.56 Å². The molecule has 25 heavy (non-hydrogen) atoms. The molecule has 1 saturated heterocycles. The van der Waals surface area contributed by atoms with Gasteiger partial charge in [-0.2, -0.15) is 0 Å². The predicted octanol–water partition coefficient (Wildman–Crippen LogP) is 2.33. The van der Waals surface area contributed by atoms with Crippen molar-refractivity contribution in [2.45, 2.75) is 51.1 Å². The number of hydrogen-bond acceptors (Lipinski definition) is 4. The average molecular weight is 342 g/mol. The molecule has 1 aromatic rings. The maximum atomic E-state index is 12.4. The zero-order chi connectivity index (χ0) is 17.4. The van der Waals surface area contributed by atoms with E-state index in [2.05, 4.69) is 34.3 Å². The molecule has 5 heteroatoms.